The van der Waals surface area contributed by atoms with E-state index < -0.39 is 0 Å². The van der Waals surface area contributed by atoms with Crippen LogP contribution in [-0.4, -0.2) is 31.1 Å². The number of rotatable bonds is 5. The molecule has 0 unspecified atom stereocenters. The van der Waals surface area contributed by atoms with Crippen LogP contribution in [0.2, 0.25) is 0 Å². The molecular formula is C22H22FN3O2S. The van der Waals surface area contributed by atoms with Gasteiger partial charge >= 0.3 is 0 Å². The van der Waals surface area contributed by atoms with Gasteiger partial charge in [0.05, 0.1) is 24.0 Å². The summed E-state index contributed by atoms with van der Waals surface area (Å²) in [5, 5.41) is 5.25. The SMILES string of the molecule is COc1ccccc1-c1nc(C(=O)Nc2cc(F)ccc2N2CCCCC2)cs1. The van der Waals surface area contributed by atoms with Crippen LogP contribution in [0.4, 0.5) is 15.8 Å². The maximum absolute atomic E-state index is 13.9. The number of amides is 1. The second-order valence-corrected chi connectivity index (χ2v) is 7.76. The van der Waals surface area contributed by atoms with Crippen LogP contribution in [0.5, 0.6) is 5.75 Å². The number of carbonyl (C=O) groups excluding carboxylic acids is 1. The van der Waals surface area contributed by atoms with Crippen LogP contribution in [0, 0.1) is 5.82 Å². The number of benzene rings is 2. The number of nitrogens with zero attached hydrogens (tertiary/aromatic N) is 2. The molecule has 1 saturated heterocycles. The molecule has 1 aliphatic heterocycles. The summed E-state index contributed by atoms with van der Waals surface area (Å²) in [6, 6.07) is 12.1. The monoisotopic (exact) mass is 411 g/mol. The van der Waals surface area contributed by atoms with E-state index in [2.05, 4.69) is 15.2 Å². The number of para-hydroxylation sites is 1. The second-order valence-electron chi connectivity index (χ2n) is 6.90. The first-order valence-electron chi connectivity index (χ1n) is 9.60. The van der Waals surface area contributed by atoms with Crippen molar-refractivity contribution in [1.29, 1.82) is 0 Å². The molecule has 0 spiro atoms. The first kappa shape index (κ1) is 19.4. The molecule has 2 heterocycles. The summed E-state index contributed by atoms with van der Waals surface area (Å²) in [4.78, 5) is 19.5. The van der Waals surface area contributed by atoms with Crippen LogP contribution in [-0.2, 0) is 0 Å². The summed E-state index contributed by atoms with van der Waals surface area (Å²) in [6.07, 6.45) is 3.39. The van der Waals surface area contributed by atoms with Crippen LogP contribution >= 0.6 is 11.3 Å². The molecule has 1 aromatic heterocycles. The molecule has 1 N–H and O–H groups in total. The number of methoxy groups -OCH3 is 1. The molecule has 0 atom stereocenters. The smallest absolute Gasteiger partial charge is 0.275 e. The number of halogens is 1. The quantitative estimate of drug-likeness (QED) is 0.627. The Morgan fingerprint density at radius 1 is 1.17 bits per heavy atom. The molecule has 1 amide bonds. The van der Waals surface area contributed by atoms with Crippen molar-refractivity contribution in [1.82, 2.24) is 4.98 Å². The first-order chi connectivity index (χ1) is 14.2. The Bertz CT molecular complexity index is 1010. The summed E-state index contributed by atoms with van der Waals surface area (Å²) in [5.41, 5.74) is 2.45. The molecule has 0 bridgehead atoms. The highest BCUT2D eigenvalue weighted by atomic mass is 32.1. The number of anilines is 2. The van der Waals surface area contributed by atoms with Gasteiger partial charge in [-0.25, -0.2) is 9.37 Å². The number of ether oxygens (including phenoxy) is 1. The topological polar surface area (TPSA) is 54.5 Å². The standard InChI is InChI=1S/C22H22FN3O2S/c1-28-20-8-4-3-7-16(20)22-25-18(14-29-22)21(27)24-17-13-15(23)9-10-19(17)26-11-5-2-6-12-26/h3-4,7-10,13-14H,2,5-6,11-12H2,1H3,(H,24,27). The van der Waals surface area contributed by atoms with Gasteiger partial charge in [-0.1, -0.05) is 12.1 Å². The number of thiazole rings is 1. The predicted molar refractivity (Wildman–Crippen MR) is 115 cm³/mol. The Balaban J connectivity index is 1.57. The minimum atomic E-state index is -0.381. The normalized spacial score (nSPS) is 13.9. The highest BCUT2D eigenvalue weighted by molar-refractivity contribution is 7.13. The summed E-state index contributed by atoms with van der Waals surface area (Å²) in [5.74, 6) is -0.0355. The maximum Gasteiger partial charge on any atom is 0.275 e. The van der Waals surface area contributed by atoms with Gasteiger partial charge in [0.1, 0.15) is 22.3 Å². The lowest BCUT2D eigenvalue weighted by atomic mass is 10.1. The van der Waals surface area contributed by atoms with Gasteiger partial charge in [0, 0.05) is 18.5 Å². The molecule has 1 aliphatic rings. The van der Waals surface area contributed by atoms with Gasteiger partial charge in [-0.05, 0) is 49.6 Å². The van der Waals surface area contributed by atoms with E-state index in [1.54, 1.807) is 18.6 Å². The minimum absolute atomic E-state index is 0.296. The van der Waals surface area contributed by atoms with Crippen molar-refractivity contribution in [2.45, 2.75) is 19.3 Å². The number of nitrogens with one attached hydrogen (secondary N) is 1. The summed E-state index contributed by atoms with van der Waals surface area (Å²) < 4.78 is 19.3. The number of piperidine rings is 1. The average molecular weight is 412 g/mol. The molecule has 7 heteroatoms. The van der Waals surface area contributed by atoms with Crippen LogP contribution in [0.25, 0.3) is 10.6 Å². The molecule has 0 radical (unpaired) electrons. The van der Waals surface area contributed by atoms with Crippen molar-refractivity contribution in [2.24, 2.45) is 0 Å². The molecule has 150 valence electrons. The lowest BCUT2D eigenvalue weighted by Crippen LogP contribution is -2.30. The van der Waals surface area contributed by atoms with E-state index in [1.807, 2.05) is 24.3 Å². The van der Waals surface area contributed by atoms with E-state index in [0.29, 0.717) is 22.1 Å². The van der Waals surface area contributed by atoms with Gasteiger partial charge in [-0.3, -0.25) is 4.79 Å². The third-order valence-electron chi connectivity index (χ3n) is 4.98. The Morgan fingerprint density at radius 2 is 1.97 bits per heavy atom. The van der Waals surface area contributed by atoms with Crippen molar-refractivity contribution < 1.29 is 13.9 Å². The third kappa shape index (κ3) is 4.24. The number of hydrogen-bond acceptors (Lipinski definition) is 5. The Labute approximate surface area is 173 Å². The lowest BCUT2D eigenvalue weighted by Gasteiger charge is -2.30. The van der Waals surface area contributed by atoms with Gasteiger partial charge < -0.3 is 15.0 Å². The molecule has 0 saturated carbocycles. The minimum Gasteiger partial charge on any atom is -0.496 e. The fourth-order valence-electron chi connectivity index (χ4n) is 3.53. The van der Waals surface area contributed by atoms with Crippen molar-refractivity contribution in [3.63, 3.8) is 0 Å². The molecule has 5 nitrogen and oxygen atoms in total. The predicted octanol–water partition coefficient (Wildman–Crippen LogP) is 5.20. The summed E-state index contributed by atoms with van der Waals surface area (Å²) in [6.45, 7) is 1.81. The number of aromatic nitrogens is 1. The van der Waals surface area contributed by atoms with E-state index in [1.165, 1.54) is 29.9 Å². The van der Waals surface area contributed by atoms with E-state index in [0.717, 1.165) is 37.2 Å². The molecule has 0 aliphatic carbocycles. The lowest BCUT2D eigenvalue weighted by molar-refractivity contribution is 0.102. The zero-order chi connectivity index (χ0) is 20.2. The number of hydrogen-bond donors (Lipinski definition) is 1. The maximum atomic E-state index is 13.9. The van der Waals surface area contributed by atoms with Crippen molar-refractivity contribution in [2.75, 3.05) is 30.4 Å². The summed E-state index contributed by atoms with van der Waals surface area (Å²) in [7, 11) is 1.60. The fraction of sp³-hybridized carbons (Fsp3) is 0.273. The Hall–Kier alpha value is -2.93. The zero-order valence-electron chi connectivity index (χ0n) is 16.2. The van der Waals surface area contributed by atoms with E-state index in [9.17, 15) is 9.18 Å². The second kappa shape index (κ2) is 8.61. The highest BCUT2D eigenvalue weighted by Gasteiger charge is 2.19. The van der Waals surface area contributed by atoms with Crippen LogP contribution < -0.4 is 15.0 Å². The molecule has 2 aromatic carbocycles. The fourth-order valence-corrected chi connectivity index (χ4v) is 4.36. The van der Waals surface area contributed by atoms with E-state index >= 15 is 0 Å². The molecule has 3 aromatic rings. The van der Waals surface area contributed by atoms with Crippen LogP contribution in [0.15, 0.2) is 47.8 Å². The Morgan fingerprint density at radius 3 is 2.76 bits per heavy atom. The average Bonchev–Trinajstić information content (AvgIpc) is 3.25. The summed E-state index contributed by atoms with van der Waals surface area (Å²) >= 11 is 1.37. The third-order valence-corrected chi connectivity index (χ3v) is 5.85. The van der Waals surface area contributed by atoms with Crippen LogP contribution in [0.1, 0.15) is 29.8 Å². The molecule has 29 heavy (non-hydrogen) atoms. The number of carbonyl (C=O) groups is 1. The molecule has 4 rings (SSSR count). The zero-order valence-corrected chi connectivity index (χ0v) is 17.0. The molecular weight excluding hydrogens is 389 g/mol. The highest BCUT2D eigenvalue weighted by Crippen LogP contribution is 2.33. The van der Waals surface area contributed by atoms with Crippen molar-refractivity contribution in [3.8, 4) is 16.3 Å². The van der Waals surface area contributed by atoms with E-state index in [4.69, 9.17) is 4.74 Å². The van der Waals surface area contributed by atoms with Crippen molar-refractivity contribution >= 4 is 28.6 Å². The Kier molecular flexibility index (Phi) is 5.76. The van der Waals surface area contributed by atoms with Gasteiger partial charge in [0.2, 0.25) is 0 Å². The van der Waals surface area contributed by atoms with Crippen molar-refractivity contribution in [3.05, 3.63) is 59.4 Å². The first-order valence-corrected chi connectivity index (χ1v) is 10.5. The van der Waals surface area contributed by atoms with E-state index in [-0.39, 0.29) is 11.7 Å². The largest absolute Gasteiger partial charge is 0.496 e. The van der Waals surface area contributed by atoms with Gasteiger partial charge in [-0.2, -0.15) is 0 Å². The molecule has 1 fully saturated rings. The van der Waals surface area contributed by atoms with Gasteiger partial charge in [0.25, 0.3) is 5.91 Å². The van der Waals surface area contributed by atoms with Gasteiger partial charge in [0.15, 0.2) is 0 Å². The van der Waals surface area contributed by atoms with Crippen LogP contribution in [0.3, 0.4) is 0 Å². The van der Waals surface area contributed by atoms with Gasteiger partial charge in [-0.15, -0.1) is 11.3 Å².